The first-order valence-corrected chi connectivity index (χ1v) is 9.44. The number of nitrogens with one attached hydrogen (secondary N) is 2. The van der Waals surface area contributed by atoms with Gasteiger partial charge in [0.05, 0.1) is 27.9 Å². The van der Waals surface area contributed by atoms with Crippen molar-refractivity contribution < 1.29 is 14.2 Å². The van der Waals surface area contributed by atoms with Crippen molar-refractivity contribution in [1.82, 2.24) is 10.6 Å². The Morgan fingerprint density at radius 1 is 1.00 bits per heavy atom. The number of hydrogen-bond donors (Lipinski definition) is 2. The Kier molecular flexibility index (Phi) is 10.6. The van der Waals surface area contributed by atoms with Crippen LogP contribution in [0.1, 0.15) is 45.1 Å². The second kappa shape index (κ2) is 12.2. The second-order valence-corrected chi connectivity index (χ2v) is 6.82. The summed E-state index contributed by atoms with van der Waals surface area (Å²) in [6.45, 7) is 5.75. The Bertz CT molecular complexity index is 602. The maximum Gasteiger partial charge on any atom is 0.191 e. The van der Waals surface area contributed by atoms with Crippen LogP contribution in [0.25, 0.3) is 0 Å². The van der Waals surface area contributed by atoms with Crippen LogP contribution in [0, 0.1) is 5.92 Å². The van der Waals surface area contributed by atoms with Crippen molar-refractivity contribution in [3.63, 3.8) is 0 Å². The molecule has 1 aliphatic carbocycles. The van der Waals surface area contributed by atoms with Crippen molar-refractivity contribution in [3.8, 4) is 17.2 Å². The van der Waals surface area contributed by atoms with Gasteiger partial charge in [-0.2, -0.15) is 0 Å². The van der Waals surface area contributed by atoms with Crippen molar-refractivity contribution in [2.75, 3.05) is 27.9 Å². The molecule has 154 valence electrons. The van der Waals surface area contributed by atoms with Gasteiger partial charge in [-0.1, -0.05) is 6.92 Å². The molecule has 1 fully saturated rings. The lowest BCUT2D eigenvalue weighted by atomic mass is 9.87. The largest absolute Gasteiger partial charge is 0.496 e. The van der Waals surface area contributed by atoms with Gasteiger partial charge in [0.1, 0.15) is 5.75 Å². The van der Waals surface area contributed by atoms with Crippen LogP contribution in [0.15, 0.2) is 17.1 Å². The van der Waals surface area contributed by atoms with E-state index in [9.17, 15) is 0 Å². The Morgan fingerprint density at radius 3 is 2.15 bits per heavy atom. The summed E-state index contributed by atoms with van der Waals surface area (Å²) in [5.74, 6) is 3.76. The number of ether oxygens (including phenoxy) is 3. The fourth-order valence-corrected chi connectivity index (χ4v) is 3.30. The standard InChI is InChI=1S/C20H33N3O3.HI/c1-6-21-20(23-16-9-7-14(2)8-10-16)22-13-15-11-18(25-4)19(26-5)12-17(15)24-3;/h11-12,14,16H,6-10,13H2,1-5H3,(H2,21,22,23);1H. The van der Waals surface area contributed by atoms with E-state index < -0.39 is 0 Å². The van der Waals surface area contributed by atoms with Crippen LogP contribution >= 0.6 is 24.0 Å². The molecule has 1 aromatic rings. The zero-order valence-corrected chi connectivity index (χ0v) is 19.5. The maximum atomic E-state index is 5.50. The molecular formula is C20H34IN3O3. The Morgan fingerprint density at radius 2 is 1.59 bits per heavy atom. The molecular weight excluding hydrogens is 457 g/mol. The number of halogens is 1. The summed E-state index contributed by atoms with van der Waals surface area (Å²) in [7, 11) is 4.90. The maximum absolute atomic E-state index is 5.50. The van der Waals surface area contributed by atoms with Crippen LogP contribution in [-0.2, 0) is 6.54 Å². The molecule has 1 aliphatic rings. The van der Waals surface area contributed by atoms with Gasteiger partial charge in [-0.05, 0) is 44.6 Å². The van der Waals surface area contributed by atoms with Crippen LogP contribution in [-0.4, -0.2) is 39.9 Å². The van der Waals surface area contributed by atoms with Crippen molar-refractivity contribution in [3.05, 3.63) is 17.7 Å². The molecule has 0 unspecified atom stereocenters. The zero-order chi connectivity index (χ0) is 18.9. The molecule has 27 heavy (non-hydrogen) atoms. The molecule has 7 heteroatoms. The summed E-state index contributed by atoms with van der Waals surface area (Å²) >= 11 is 0. The number of aliphatic imine (C=N–C) groups is 1. The predicted molar refractivity (Wildman–Crippen MR) is 121 cm³/mol. The lowest BCUT2D eigenvalue weighted by Gasteiger charge is -2.28. The normalized spacial score (nSPS) is 19.7. The Hall–Kier alpha value is -1.38. The molecule has 1 aromatic carbocycles. The predicted octanol–water partition coefficient (Wildman–Crippen LogP) is 3.96. The smallest absolute Gasteiger partial charge is 0.191 e. The van der Waals surface area contributed by atoms with Gasteiger partial charge in [0, 0.05) is 24.2 Å². The first-order valence-electron chi connectivity index (χ1n) is 9.44. The second-order valence-electron chi connectivity index (χ2n) is 6.82. The van der Waals surface area contributed by atoms with Gasteiger partial charge < -0.3 is 24.8 Å². The molecule has 1 saturated carbocycles. The molecule has 6 nitrogen and oxygen atoms in total. The van der Waals surface area contributed by atoms with Crippen LogP contribution < -0.4 is 24.8 Å². The average molecular weight is 491 g/mol. The quantitative estimate of drug-likeness (QED) is 0.344. The monoisotopic (exact) mass is 491 g/mol. The molecule has 0 bridgehead atoms. The van der Waals surface area contributed by atoms with E-state index in [2.05, 4.69) is 24.5 Å². The molecule has 0 atom stereocenters. The molecule has 0 saturated heterocycles. The summed E-state index contributed by atoms with van der Waals surface area (Å²) in [5, 5.41) is 6.92. The molecule has 0 spiro atoms. The first-order chi connectivity index (χ1) is 12.6. The Balaban J connectivity index is 0.00000364. The number of methoxy groups -OCH3 is 3. The van der Waals surface area contributed by atoms with Crippen LogP contribution in [0.5, 0.6) is 17.2 Å². The van der Waals surface area contributed by atoms with Gasteiger partial charge in [0.15, 0.2) is 17.5 Å². The van der Waals surface area contributed by atoms with Gasteiger partial charge in [-0.3, -0.25) is 0 Å². The van der Waals surface area contributed by atoms with E-state index in [4.69, 9.17) is 19.2 Å². The topological polar surface area (TPSA) is 64.1 Å². The summed E-state index contributed by atoms with van der Waals surface area (Å²) in [5.41, 5.74) is 0.958. The number of benzene rings is 1. The van der Waals surface area contributed by atoms with Gasteiger partial charge in [0.25, 0.3) is 0 Å². The number of rotatable bonds is 7. The van der Waals surface area contributed by atoms with E-state index >= 15 is 0 Å². The SMILES string of the molecule is CCNC(=NCc1cc(OC)c(OC)cc1OC)NC1CCC(C)CC1.I. The van der Waals surface area contributed by atoms with E-state index in [1.54, 1.807) is 21.3 Å². The molecule has 2 rings (SSSR count). The number of nitrogens with zero attached hydrogens (tertiary/aromatic N) is 1. The third kappa shape index (κ3) is 6.93. The van der Waals surface area contributed by atoms with Crippen molar-refractivity contribution in [1.29, 1.82) is 0 Å². The molecule has 0 aliphatic heterocycles. The summed E-state index contributed by atoms with van der Waals surface area (Å²) < 4.78 is 16.2. The molecule has 0 heterocycles. The van der Waals surface area contributed by atoms with Gasteiger partial charge in [-0.15, -0.1) is 24.0 Å². The van der Waals surface area contributed by atoms with Crippen LogP contribution in [0.2, 0.25) is 0 Å². The highest BCUT2D eigenvalue weighted by Gasteiger charge is 2.19. The fourth-order valence-electron chi connectivity index (χ4n) is 3.30. The lowest BCUT2D eigenvalue weighted by Crippen LogP contribution is -2.44. The van der Waals surface area contributed by atoms with Gasteiger partial charge in [0.2, 0.25) is 0 Å². The van der Waals surface area contributed by atoms with E-state index in [0.717, 1.165) is 29.7 Å². The van der Waals surface area contributed by atoms with Crippen LogP contribution in [0.3, 0.4) is 0 Å². The minimum absolute atomic E-state index is 0. The third-order valence-corrected chi connectivity index (χ3v) is 4.90. The van der Waals surface area contributed by atoms with E-state index in [1.165, 1.54) is 25.7 Å². The highest BCUT2D eigenvalue weighted by molar-refractivity contribution is 14.0. The minimum atomic E-state index is 0. The van der Waals surface area contributed by atoms with Gasteiger partial charge in [-0.25, -0.2) is 4.99 Å². The summed E-state index contributed by atoms with van der Waals surface area (Å²) in [4.78, 5) is 4.75. The highest BCUT2D eigenvalue weighted by atomic mass is 127. The number of hydrogen-bond acceptors (Lipinski definition) is 4. The van der Waals surface area contributed by atoms with Crippen LogP contribution in [0.4, 0.5) is 0 Å². The lowest BCUT2D eigenvalue weighted by molar-refractivity contribution is 0.329. The fraction of sp³-hybridized carbons (Fsp3) is 0.650. The molecule has 0 amide bonds. The van der Waals surface area contributed by atoms with Crippen molar-refractivity contribution in [2.45, 2.75) is 52.1 Å². The number of guanidine groups is 1. The highest BCUT2D eigenvalue weighted by Crippen LogP contribution is 2.35. The molecule has 0 aromatic heterocycles. The van der Waals surface area contributed by atoms with Crippen molar-refractivity contribution >= 4 is 29.9 Å². The zero-order valence-electron chi connectivity index (χ0n) is 17.1. The molecule has 0 radical (unpaired) electrons. The van der Waals surface area contributed by atoms with E-state index in [-0.39, 0.29) is 24.0 Å². The van der Waals surface area contributed by atoms with E-state index in [1.807, 2.05) is 12.1 Å². The average Bonchev–Trinajstić information content (AvgIpc) is 2.67. The van der Waals surface area contributed by atoms with E-state index in [0.29, 0.717) is 24.1 Å². The minimum Gasteiger partial charge on any atom is -0.496 e. The summed E-state index contributed by atoms with van der Waals surface area (Å²) in [6.07, 6.45) is 4.96. The Labute approximate surface area is 180 Å². The third-order valence-electron chi connectivity index (χ3n) is 4.90. The van der Waals surface area contributed by atoms with Crippen molar-refractivity contribution in [2.24, 2.45) is 10.9 Å². The van der Waals surface area contributed by atoms with Gasteiger partial charge >= 0.3 is 0 Å². The summed E-state index contributed by atoms with van der Waals surface area (Å²) in [6, 6.07) is 4.26. The first kappa shape index (κ1) is 23.7. The molecule has 2 N–H and O–H groups in total.